The second kappa shape index (κ2) is 12.8. The number of amides is 1. The zero-order valence-electron chi connectivity index (χ0n) is 22.5. The van der Waals surface area contributed by atoms with Crippen molar-refractivity contribution in [2.75, 3.05) is 6.61 Å². The van der Waals surface area contributed by atoms with Crippen molar-refractivity contribution in [2.45, 2.75) is 17.7 Å². The van der Waals surface area contributed by atoms with Gasteiger partial charge in [0.15, 0.2) is 11.6 Å². The summed E-state index contributed by atoms with van der Waals surface area (Å²) in [7, 11) is -4.40. The third kappa shape index (κ3) is 7.27. The number of benzene rings is 5. The van der Waals surface area contributed by atoms with E-state index in [0.717, 1.165) is 39.6 Å². The minimum atomic E-state index is -4.40. The fraction of sp³-hybridized carbons (Fsp3) is 0.0882. The Bertz CT molecular complexity index is 1870. The van der Waals surface area contributed by atoms with Crippen LogP contribution in [0.2, 0.25) is 0 Å². The molecule has 0 saturated carbocycles. The van der Waals surface area contributed by atoms with Crippen LogP contribution in [0.15, 0.2) is 120 Å². The summed E-state index contributed by atoms with van der Waals surface area (Å²) >= 11 is 0. The van der Waals surface area contributed by atoms with Crippen molar-refractivity contribution in [3.05, 3.63) is 149 Å². The molecule has 5 rings (SSSR count). The molecule has 1 N–H and O–H groups in total. The summed E-state index contributed by atoms with van der Waals surface area (Å²) in [6.45, 7) is 0.380. The Morgan fingerprint density at radius 3 is 2.26 bits per heavy atom. The van der Waals surface area contributed by atoms with Crippen molar-refractivity contribution >= 4 is 32.8 Å². The van der Waals surface area contributed by atoms with Crippen LogP contribution in [-0.4, -0.2) is 20.9 Å². The maximum absolute atomic E-state index is 13.5. The fourth-order valence-corrected chi connectivity index (χ4v) is 5.45. The van der Waals surface area contributed by atoms with Crippen molar-refractivity contribution in [1.82, 2.24) is 4.72 Å². The molecule has 0 aliphatic carbocycles. The predicted octanol–water partition coefficient (Wildman–Crippen LogP) is 6.85. The van der Waals surface area contributed by atoms with Gasteiger partial charge in [0.05, 0.1) is 11.5 Å². The van der Waals surface area contributed by atoms with E-state index < -0.39 is 32.5 Å². The van der Waals surface area contributed by atoms with Crippen molar-refractivity contribution < 1.29 is 26.7 Å². The lowest BCUT2D eigenvalue weighted by Crippen LogP contribution is -2.29. The summed E-state index contributed by atoms with van der Waals surface area (Å²) in [5.41, 5.74) is 3.83. The van der Waals surface area contributed by atoms with Crippen molar-refractivity contribution in [3.63, 3.8) is 0 Å². The van der Waals surface area contributed by atoms with E-state index in [1.165, 1.54) is 6.08 Å². The normalized spacial score (nSPS) is 11.6. The predicted molar refractivity (Wildman–Crippen MR) is 160 cm³/mol. The third-order valence-electron chi connectivity index (χ3n) is 6.64. The maximum atomic E-state index is 13.5. The van der Waals surface area contributed by atoms with Crippen molar-refractivity contribution in [3.8, 4) is 5.75 Å². The molecule has 1 amide bonds. The number of nitrogens with one attached hydrogen (secondary N) is 1. The first kappa shape index (κ1) is 28.7. The average molecular weight is 584 g/mol. The molecular weight excluding hydrogens is 556 g/mol. The zero-order valence-corrected chi connectivity index (χ0v) is 23.3. The molecule has 0 bridgehead atoms. The number of ether oxygens (including phenoxy) is 1. The van der Waals surface area contributed by atoms with Gasteiger partial charge in [-0.05, 0) is 64.2 Å². The number of sulfonamides is 1. The zero-order chi connectivity index (χ0) is 29.5. The highest BCUT2D eigenvalue weighted by atomic mass is 32.2. The molecule has 0 aromatic heterocycles. The van der Waals surface area contributed by atoms with Crippen LogP contribution < -0.4 is 9.46 Å². The number of carbonyl (C=O) groups excluding carboxylic acids is 1. The summed E-state index contributed by atoms with van der Waals surface area (Å²) in [4.78, 5) is 11.9. The Kier molecular flexibility index (Phi) is 8.74. The highest BCUT2D eigenvalue weighted by molar-refractivity contribution is 7.90. The highest BCUT2D eigenvalue weighted by Gasteiger charge is 2.18. The smallest absolute Gasteiger partial charge is 0.264 e. The molecule has 0 radical (unpaired) electrons. The lowest BCUT2D eigenvalue weighted by molar-refractivity contribution is -0.114. The van der Waals surface area contributed by atoms with E-state index in [9.17, 15) is 22.0 Å². The van der Waals surface area contributed by atoms with E-state index in [0.29, 0.717) is 42.9 Å². The molecule has 0 atom stereocenters. The molecule has 8 heteroatoms. The number of hydrogen-bond donors (Lipinski definition) is 1. The minimum Gasteiger partial charge on any atom is -0.493 e. The van der Waals surface area contributed by atoms with Gasteiger partial charge in [-0.3, -0.25) is 4.79 Å². The average Bonchev–Trinajstić information content (AvgIpc) is 2.98. The van der Waals surface area contributed by atoms with Gasteiger partial charge >= 0.3 is 0 Å². The first-order chi connectivity index (χ1) is 20.3. The molecule has 0 aliphatic heterocycles. The molecule has 5 aromatic carbocycles. The fourth-order valence-electron chi connectivity index (χ4n) is 4.49. The number of carbonyl (C=O) groups is 1. The first-order valence-electron chi connectivity index (χ1n) is 13.2. The van der Waals surface area contributed by atoms with E-state index in [2.05, 4.69) is 30.3 Å². The van der Waals surface area contributed by atoms with Gasteiger partial charge in [-0.25, -0.2) is 21.9 Å². The van der Waals surface area contributed by atoms with Gasteiger partial charge in [0, 0.05) is 18.1 Å². The molecule has 5 nitrogen and oxygen atoms in total. The molecule has 0 spiro atoms. The summed E-state index contributed by atoms with van der Waals surface area (Å²) in [5, 5.41) is 2.31. The second-order valence-corrected chi connectivity index (χ2v) is 11.4. The molecular formula is C34H27F2NO4S. The molecule has 0 saturated heterocycles. The lowest BCUT2D eigenvalue weighted by Gasteiger charge is -2.12. The second-order valence-electron chi connectivity index (χ2n) is 9.69. The summed E-state index contributed by atoms with van der Waals surface area (Å²) in [6.07, 6.45) is 3.84. The van der Waals surface area contributed by atoms with Gasteiger partial charge in [-0.1, -0.05) is 84.9 Å². The number of halogens is 2. The topological polar surface area (TPSA) is 72.5 Å². The van der Waals surface area contributed by atoms with E-state index in [4.69, 9.17) is 4.74 Å². The van der Waals surface area contributed by atoms with Crippen LogP contribution in [0.1, 0.15) is 22.3 Å². The van der Waals surface area contributed by atoms with Crippen molar-refractivity contribution in [1.29, 1.82) is 0 Å². The van der Waals surface area contributed by atoms with E-state index in [-0.39, 0.29) is 0 Å². The Morgan fingerprint density at radius 1 is 0.738 bits per heavy atom. The molecule has 0 heterocycles. The van der Waals surface area contributed by atoms with Crippen LogP contribution in [0.4, 0.5) is 8.78 Å². The summed E-state index contributed by atoms with van der Waals surface area (Å²) < 4.78 is 59.7. The van der Waals surface area contributed by atoms with Gasteiger partial charge < -0.3 is 4.74 Å². The van der Waals surface area contributed by atoms with Crippen molar-refractivity contribution in [2.24, 2.45) is 0 Å². The summed E-state index contributed by atoms with van der Waals surface area (Å²) in [5.74, 6) is -2.93. The Hall–Kier alpha value is -4.82. The van der Waals surface area contributed by atoms with Gasteiger partial charge in [0.2, 0.25) is 0 Å². The molecule has 0 aliphatic rings. The number of fused-ring (bicyclic) bond motifs is 1. The standard InChI is InChI=1S/C34H27F2NO4S/c35-31-16-15-30(23-32(31)36)42(39,40)37-34(38)17-14-28-13-11-26(20-24-6-2-1-3-7-24)22-33(28)41-19-18-25-10-12-27-8-4-5-9-29(27)21-25/h1-17,21-23H,18-20H2,(H,37,38). The first-order valence-corrected chi connectivity index (χ1v) is 14.7. The van der Waals surface area contributed by atoms with Crippen LogP contribution in [-0.2, 0) is 27.7 Å². The van der Waals surface area contributed by atoms with Crippen LogP contribution in [0.25, 0.3) is 16.8 Å². The van der Waals surface area contributed by atoms with Gasteiger partial charge in [-0.2, -0.15) is 0 Å². The van der Waals surface area contributed by atoms with Gasteiger partial charge in [0.25, 0.3) is 15.9 Å². The molecule has 42 heavy (non-hydrogen) atoms. The van der Waals surface area contributed by atoms with Crippen LogP contribution in [0, 0.1) is 11.6 Å². The Labute approximate surface area is 243 Å². The van der Waals surface area contributed by atoms with Gasteiger partial charge in [-0.15, -0.1) is 0 Å². The monoisotopic (exact) mass is 583 g/mol. The van der Waals surface area contributed by atoms with Gasteiger partial charge in [0.1, 0.15) is 5.75 Å². The molecule has 0 fully saturated rings. The molecule has 0 unspecified atom stereocenters. The van der Waals surface area contributed by atoms with Crippen LogP contribution in [0.5, 0.6) is 5.75 Å². The lowest BCUT2D eigenvalue weighted by atomic mass is 10.0. The van der Waals surface area contributed by atoms with E-state index in [1.807, 2.05) is 59.3 Å². The van der Waals surface area contributed by atoms with Crippen LogP contribution in [0.3, 0.4) is 0 Å². The van der Waals surface area contributed by atoms with E-state index in [1.54, 1.807) is 6.07 Å². The molecule has 5 aromatic rings. The Balaban J connectivity index is 1.32. The Morgan fingerprint density at radius 2 is 1.48 bits per heavy atom. The summed E-state index contributed by atoms with van der Waals surface area (Å²) in [6, 6.07) is 32.1. The highest BCUT2D eigenvalue weighted by Crippen LogP contribution is 2.25. The largest absolute Gasteiger partial charge is 0.493 e. The number of rotatable bonds is 10. The SMILES string of the molecule is O=C(C=Cc1ccc(Cc2ccccc2)cc1OCCc1ccc2ccccc2c1)NS(=O)(=O)c1ccc(F)c(F)c1. The minimum absolute atomic E-state index is 0.380. The number of hydrogen-bond acceptors (Lipinski definition) is 4. The molecule has 212 valence electrons. The quantitative estimate of drug-likeness (QED) is 0.183. The maximum Gasteiger partial charge on any atom is 0.264 e. The van der Waals surface area contributed by atoms with Crippen LogP contribution >= 0.6 is 0 Å². The third-order valence-corrected chi connectivity index (χ3v) is 7.99. The van der Waals surface area contributed by atoms with E-state index >= 15 is 0 Å².